The van der Waals surface area contributed by atoms with E-state index in [1.54, 1.807) is 12.1 Å². The minimum absolute atomic E-state index is 0.247. The van der Waals surface area contributed by atoms with Crippen LogP contribution >= 0.6 is 0 Å². The summed E-state index contributed by atoms with van der Waals surface area (Å²) in [5.41, 5.74) is 14.3. The van der Waals surface area contributed by atoms with Gasteiger partial charge in [0, 0.05) is 22.7 Å². The van der Waals surface area contributed by atoms with Crippen LogP contribution in [0.25, 0.3) is 27.3 Å². The minimum atomic E-state index is -0.247. The summed E-state index contributed by atoms with van der Waals surface area (Å²) in [5.74, 6) is -0.247. The number of aromatic nitrogens is 2. The first-order valence-corrected chi connectivity index (χ1v) is 8.02. The molecule has 25 heavy (non-hydrogen) atoms. The molecule has 0 amide bonds. The first-order chi connectivity index (χ1) is 12.1. The molecule has 0 aliphatic heterocycles. The van der Waals surface area contributed by atoms with Gasteiger partial charge < -0.3 is 0 Å². The van der Waals surface area contributed by atoms with E-state index in [9.17, 15) is 4.39 Å². The number of aryl methyl sites for hydroxylation is 1. The lowest BCUT2D eigenvalue weighted by Crippen LogP contribution is -1.99. The van der Waals surface area contributed by atoms with Crippen LogP contribution in [-0.4, -0.2) is 16.3 Å². The SMILES string of the molecule is Cc1nn(-c2ccc(CCN=[N+]=[N-])cc2)c(C)c1-c1ccc(F)cc1. The van der Waals surface area contributed by atoms with E-state index in [4.69, 9.17) is 5.53 Å². The Labute approximate surface area is 145 Å². The van der Waals surface area contributed by atoms with Crippen LogP contribution in [-0.2, 0) is 6.42 Å². The van der Waals surface area contributed by atoms with Crippen LogP contribution in [0.3, 0.4) is 0 Å². The van der Waals surface area contributed by atoms with Gasteiger partial charge in [-0.1, -0.05) is 29.4 Å². The fourth-order valence-corrected chi connectivity index (χ4v) is 2.96. The van der Waals surface area contributed by atoms with Gasteiger partial charge in [-0.3, -0.25) is 0 Å². The van der Waals surface area contributed by atoms with Gasteiger partial charge in [0.25, 0.3) is 0 Å². The highest BCUT2D eigenvalue weighted by Crippen LogP contribution is 2.28. The van der Waals surface area contributed by atoms with Gasteiger partial charge in [-0.25, -0.2) is 9.07 Å². The first-order valence-electron chi connectivity index (χ1n) is 8.02. The molecule has 0 aliphatic carbocycles. The second kappa shape index (κ2) is 7.20. The second-order valence-electron chi connectivity index (χ2n) is 5.84. The highest BCUT2D eigenvalue weighted by molar-refractivity contribution is 5.69. The van der Waals surface area contributed by atoms with E-state index in [0.29, 0.717) is 13.0 Å². The van der Waals surface area contributed by atoms with Gasteiger partial charge in [0.05, 0.1) is 11.4 Å². The van der Waals surface area contributed by atoms with Crippen molar-refractivity contribution in [2.24, 2.45) is 5.11 Å². The first kappa shape index (κ1) is 16.7. The molecule has 0 saturated carbocycles. The molecule has 0 bridgehead atoms. The van der Waals surface area contributed by atoms with E-state index < -0.39 is 0 Å². The Morgan fingerprint density at radius 1 is 1.08 bits per heavy atom. The van der Waals surface area contributed by atoms with E-state index in [0.717, 1.165) is 33.8 Å². The van der Waals surface area contributed by atoms with Gasteiger partial charge in [0.2, 0.25) is 0 Å². The van der Waals surface area contributed by atoms with Gasteiger partial charge in [-0.15, -0.1) is 0 Å². The van der Waals surface area contributed by atoms with Crippen molar-refractivity contribution in [3.63, 3.8) is 0 Å². The van der Waals surface area contributed by atoms with E-state index in [-0.39, 0.29) is 5.82 Å². The summed E-state index contributed by atoms with van der Waals surface area (Å²) in [6.07, 6.45) is 0.711. The second-order valence-corrected chi connectivity index (χ2v) is 5.84. The number of benzene rings is 2. The minimum Gasteiger partial charge on any atom is -0.237 e. The maximum absolute atomic E-state index is 13.2. The molecule has 0 radical (unpaired) electrons. The molecular formula is C19H18FN5. The van der Waals surface area contributed by atoms with Gasteiger partial charge in [0.1, 0.15) is 5.82 Å². The van der Waals surface area contributed by atoms with Crippen LogP contribution < -0.4 is 0 Å². The number of rotatable bonds is 5. The number of halogens is 1. The number of hydrogen-bond acceptors (Lipinski definition) is 2. The summed E-state index contributed by atoms with van der Waals surface area (Å²) in [5, 5.41) is 8.19. The summed E-state index contributed by atoms with van der Waals surface area (Å²) in [6, 6.07) is 14.5. The maximum atomic E-state index is 13.2. The quantitative estimate of drug-likeness (QED) is 0.361. The number of nitrogens with zero attached hydrogens (tertiary/aromatic N) is 5. The molecule has 0 spiro atoms. The van der Waals surface area contributed by atoms with Crippen LogP contribution in [0.1, 0.15) is 17.0 Å². The van der Waals surface area contributed by atoms with Crippen LogP contribution in [0.15, 0.2) is 53.6 Å². The molecule has 1 aromatic heterocycles. The van der Waals surface area contributed by atoms with Crippen LogP contribution in [0.5, 0.6) is 0 Å². The third kappa shape index (κ3) is 3.54. The Kier molecular flexibility index (Phi) is 4.82. The lowest BCUT2D eigenvalue weighted by molar-refractivity contribution is 0.628. The normalized spacial score (nSPS) is 10.5. The molecule has 0 atom stereocenters. The third-order valence-corrected chi connectivity index (χ3v) is 4.17. The Balaban J connectivity index is 1.92. The molecule has 0 aliphatic rings. The highest BCUT2D eigenvalue weighted by Gasteiger charge is 2.14. The number of hydrogen-bond donors (Lipinski definition) is 0. The molecule has 0 fully saturated rings. The van der Waals surface area contributed by atoms with Gasteiger partial charge in [-0.05, 0) is 61.2 Å². The van der Waals surface area contributed by atoms with Crippen molar-refractivity contribution < 1.29 is 4.39 Å². The van der Waals surface area contributed by atoms with Crippen LogP contribution in [0, 0.1) is 19.7 Å². The third-order valence-electron chi connectivity index (χ3n) is 4.17. The van der Waals surface area contributed by atoms with E-state index >= 15 is 0 Å². The average Bonchev–Trinajstić information content (AvgIpc) is 2.91. The smallest absolute Gasteiger partial charge is 0.123 e. The Morgan fingerprint density at radius 2 is 1.76 bits per heavy atom. The lowest BCUT2D eigenvalue weighted by Gasteiger charge is -2.07. The standard InChI is InChI=1S/C19H18FN5/c1-13-19(16-5-7-17(20)8-6-16)14(2)25(23-13)18-9-3-15(4-10-18)11-12-22-24-21/h3-10H,11-12H2,1-2H3. The predicted octanol–water partition coefficient (Wildman–Crippen LogP) is 5.15. The van der Waals surface area contributed by atoms with Crippen molar-refractivity contribution in [1.29, 1.82) is 0 Å². The highest BCUT2D eigenvalue weighted by atomic mass is 19.1. The zero-order valence-corrected chi connectivity index (χ0v) is 14.1. The predicted molar refractivity (Wildman–Crippen MR) is 96.1 cm³/mol. The summed E-state index contributed by atoms with van der Waals surface area (Å²) >= 11 is 0. The number of azide groups is 1. The molecule has 1 heterocycles. The molecule has 0 N–H and O–H groups in total. The monoisotopic (exact) mass is 335 g/mol. The zero-order valence-electron chi connectivity index (χ0n) is 14.1. The molecule has 3 rings (SSSR count). The summed E-state index contributed by atoms with van der Waals surface area (Å²) in [4.78, 5) is 2.76. The Bertz CT molecular complexity index is 920. The van der Waals surface area contributed by atoms with Crippen LogP contribution in [0.2, 0.25) is 0 Å². The van der Waals surface area contributed by atoms with E-state index in [1.807, 2.05) is 42.8 Å². The topological polar surface area (TPSA) is 66.6 Å². The van der Waals surface area contributed by atoms with Gasteiger partial charge >= 0.3 is 0 Å². The summed E-state index contributed by atoms with van der Waals surface area (Å²) in [7, 11) is 0. The van der Waals surface area contributed by atoms with Crippen molar-refractivity contribution >= 4 is 0 Å². The van der Waals surface area contributed by atoms with Crippen molar-refractivity contribution in [1.82, 2.24) is 9.78 Å². The van der Waals surface area contributed by atoms with E-state index in [1.165, 1.54) is 12.1 Å². The summed E-state index contributed by atoms with van der Waals surface area (Å²) < 4.78 is 15.1. The fourth-order valence-electron chi connectivity index (χ4n) is 2.96. The van der Waals surface area contributed by atoms with Gasteiger partial charge in [-0.2, -0.15) is 5.10 Å². The van der Waals surface area contributed by atoms with Crippen molar-refractivity contribution in [3.8, 4) is 16.8 Å². The molecular weight excluding hydrogens is 317 g/mol. The molecule has 3 aromatic rings. The molecule has 0 unspecified atom stereocenters. The Morgan fingerprint density at radius 3 is 2.40 bits per heavy atom. The largest absolute Gasteiger partial charge is 0.237 e. The molecule has 126 valence electrons. The Hall–Kier alpha value is -3.11. The fraction of sp³-hybridized carbons (Fsp3) is 0.211. The zero-order chi connectivity index (χ0) is 17.8. The lowest BCUT2D eigenvalue weighted by atomic mass is 10.0. The van der Waals surface area contributed by atoms with Crippen molar-refractivity contribution in [3.05, 3.63) is 81.7 Å². The molecule has 2 aromatic carbocycles. The van der Waals surface area contributed by atoms with Crippen LogP contribution in [0.4, 0.5) is 4.39 Å². The van der Waals surface area contributed by atoms with Crippen molar-refractivity contribution in [2.75, 3.05) is 6.54 Å². The maximum Gasteiger partial charge on any atom is 0.123 e. The summed E-state index contributed by atoms with van der Waals surface area (Å²) in [6.45, 7) is 4.41. The van der Waals surface area contributed by atoms with E-state index in [2.05, 4.69) is 15.1 Å². The molecule has 6 heteroatoms. The molecule has 5 nitrogen and oxygen atoms in total. The van der Waals surface area contributed by atoms with Gasteiger partial charge in [0.15, 0.2) is 0 Å². The average molecular weight is 335 g/mol. The van der Waals surface area contributed by atoms with Crippen molar-refractivity contribution in [2.45, 2.75) is 20.3 Å². The molecule has 0 saturated heterocycles.